The third kappa shape index (κ3) is 5.78. The molecule has 2 heterocycles. The number of hydroxylamine groups is 4. The molecule has 4 unspecified atom stereocenters. The number of esters is 2. The molecule has 31 heavy (non-hydrogen) atoms. The predicted octanol–water partition coefficient (Wildman–Crippen LogP) is 4.06. The lowest BCUT2D eigenvalue weighted by molar-refractivity contribution is -0.282. The Kier molecular flexibility index (Phi) is 7.53. The quantitative estimate of drug-likeness (QED) is 0.594. The molecule has 4 atom stereocenters. The lowest BCUT2D eigenvalue weighted by Crippen LogP contribution is -2.65. The van der Waals surface area contributed by atoms with Crippen molar-refractivity contribution in [3.05, 3.63) is 0 Å². The van der Waals surface area contributed by atoms with Crippen LogP contribution in [0.25, 0.3) is 0 Å². The molecule has 0 radical (unpaired) electrons. The van der Waals surface area contributed by atoms with Crippen LogP contribution >= 0.6 is 0 Å². The zero-order valence-corrected chi connectivity index (χ0v) is 20.5. The van der Waals surface area contributed by atoms with Crippen LogP contribution in [-0.4, -0.2) is 66.8 Å². The zero-order chi connectivity index (χ0) is 23.8. The highest BCUT2D eigenvalue weighted by molar-refractivity contribution is 5.69. The maximum Gasteiger partial charge on any atom is 0.305 e. The Morgan fingerprint density at radius 1 is 0.806 bits per heavy atom. The summed E-state index contributed by atoms with van der Waals surface area (Å²) in [6.45, 7) is 14.9. The van der Waals surface area contributed by atoms with Gasteiger partial charge in [0.1, 0.15) is 12.2 Å². The minimum absolute atomic E-state index is 0.235. The molecule has 8 nitrogen and oxygen atoms in total. The van der Waals surface area contributed by atoms with E-state index in [1.54, 1.807) is 6.92 Å². The van der Waals surface area contributed by atoms with Crippen molar-refractivity contribution in [1.29, 1.82) is 0 Å². The number of piperidine rings is 2. The Morgan fingerprint density at radius 2 is 1.19 bits per heavy atom. The molecule has 8 heteroatoms. The lowest BCUT2D eigenvalue weighted by Gasteiger charge is -2.56. The highest BCUT2D eigenvalue weighted by Crippen LogP contribution is 2.45. The molecule has 0 spiro atoms. The largest absolute Gasteiger partial charge is 0.462 e. The van der Waals surface area contributed by atoms with Crippen molar-refractivity contribution in [2.24, 2.45) is 0 Å². The Hall–Kier alpha value is -1.22. The average molecular weight is 443 g/mol. The number of carbonyl (C=O) groups excluding carboxylic acids is 2. The fourth-order valence-corrected chi connectivity index (χ4v) is 5.67. The Balaban J connectivity index is 2.21. The summed E-state index contributed by atoms with van der Waals surface area (Å²) in [5, 5.41) is 24.9. The van der Waals surface area contributed by atoms with Crippen molar-refractivity contribution in [2.75, 3.05) is 0 Å². The van der Waals surface area contributed by atoms with E-state index in [1.807, 2.05) is 41.5 Å². The highest BCUT2D eigenvalue weighted by Gasteiger charge is 2.52. The van der Waals surface area contributed by atoms with Gasteiger partial charge in [0, 0.05) is 61.2 Å². The molecule has 2 fully saturated rings. The summed E-state index contributed by atoms with van der Waals surface area (Å²) in [5.74, 6) is -0.557. The van der Waals surface area contributed by atoms with Crippen LogP contribution in [0.5, 0.6) is 0 Å². The fraction of sp³-hybridized carbons (Fsp3) is 0.913. The van der Waals surface area contributed by atoms with Gasteiger partial charge in [0.25, 0.3) is 0 Å². The van der Waals surface area contributed by atoms with Crippen molar-refractivity contribution < 1.29 is 29.5 Å². The molecule has 0 saturated carbocycles. The number of nitrogens with zero attached hydrogens (tertiary/aromatic N) is 2. The normalized spacial score (nSPS) is 36.1. The molecule has 0 aromatic rings. The maximum absolute atomic E-state index is 11.9. The summed E-state index contributed by atoms with van der Waals surface area (Å²) >= 11 is 0. The molecule has 0 aromatic carbocycles. The standard InChI is InChI=1S/C23H42N2O6/c1-9-19(27)31-18-13-21(5,6)25(29)23(8,15-18)11-10-22(7)14-17(30-16(2)26)12-20(3,4)24(22)28/h17-18,28-29H,9-15H2,1-8H3. The Bertz CT molecular complexity index is 681. The van der Waals surface area contributed by atoms with Crippen LogP contribution in [0.4, 0.5) is 0 Å². The summed E-state index contributed by atoms with van der Waals surface area (Å²) in [5.41, 5.74) is -2.39. The number of ether oxygens (including phenoxy) is 2. The number of hydrogen-bond acceptors (Lipinski definition) is 8. The fourth-order valence-electron chi connectivity index (χ4n) is 5.67. The van der Waals surface area contributed by atoms with Gasteiger partial charge < -0.3 is 19.9 Å². The molecule has 0 bridgehead atoms. The van der Waals surface area contributed by atoms with E-state index in [4.69, 9.17) is 9.47 Å². The van der Waals surface area contributed by atoms with E-state index in [1.165, 1.54) is 17.1 Å². The first-order chi connectivity index (χ1) is 14.0. The van der Waals surface area contributed by atoms with Gasteiger partial charge >= 0.3 is 11.9 Å². The van der Waals surface area contributed by atoms with Crippen molar-refractivity contribution >= 4 is 11.9 Å². The zero-order valence-electron chi connectivity index (χ0n) is 20.5. The second kappa shape index (κ2) is 8.96. The SMILES string of the molecule is CCC(=O)OC1CC(C)(C)N(O)C(C)(CCC2(C)CC(OC(C)=O)CC(C)(C)N2O)C1. The van der Waals surface area contributed by atoms with Gasteiger partial charge in [0.2, 0.25) is 0 Å². The van der Waals surface area contributed by atoms with Crippen LogP contribution in [0, 0.1) is 0 Å². The van der Waals surface area contributed by atoms with Gasteiger partial charge in [-0.15, -0.1) is 0 Å². The van der Waals surface area contributed by atoms with Gasteiger partial charge in [0.05, 0.1) is 0 Å². The van der Waals surface area contributed by atoms with Crippen LogP contribution in [0.15, 0.2) is 0 Å². The molecule has 2 N–H and O–H groups in total. The number of rotatable bonds is 6. The first-order valence-corrected chi connectivity index (χ1v) is 11.4. The summed E-state index contributed by atoms with van der Waals surface area (Å²) < 4.78 is 11.2. The van der Waals surface area contributed by atoms with Gasteiger partial charge in [-0.25, -0.2) is 0 Å². The predicted molar refractivity (Wildman–Crippen MR) is 116 cm³/mol. The van der Waals surface area contributed by atoms with Gasteiger partial charge in [-0.2, -0.15) is 10.1 Å². The molecule has 0 aliphatic carbocycles. The van der Waals surface area contributed by atoms with E-state index in [-0.39, 0.29) is 24.1 Å². The van der Waals surface area contributed by atoms with Crippen LogP contribution in [0.1, 0.15) is 100 Å². The summed E-state index contributed by atoms with van der Waals surface area (Å²) in [4.78, 5) is 23.5. The van der Waals surface area contributed by atoms with E-state index in [2.05, 4.69) is 0 Å². The van der Waals surface area contributed by atoms with Crippen LogP contribution < -0.4 is 0 Å². The third-order valence-electron chi connectivity index (χ3n) is 7.08. The van der Waals surface area contributed by atoms with Crippen molar-refractivity contribution in [1.82, 2.24) is 10.1 Å². The van der Waals surface area contributed by atoms with Crippen molar-refractivity contribution in [3.8, 4) is 0 Å². The van der Waals surface area contributed by atoms with Crippen LogP contribution in [0.3, 0.4) is 0 Å². The number of carbonyl (C=O) groups is 2. The maximum atomic E-state index is 11.9. The first-order valence-electron chi connectivity index (χ1n) is 11.4. The van der Waals surface area contributed by atoms with Crippen LogP contribution in [-0.2, 0) is 19.1 Å². The lowest BCUT2D eigenvalue weighted by atomic mass is 9.72. The summed E-state index contributed by atoms with van der Waals surface area (Å²) in [6, 6.07) is 0. The highest BCUT2D eigenvalue weighted by atomic mass is 16.6. The third-order valence-corrected chi connectivity index (χ3v) is 7.08. The van der Waals surface area contributed by atoms with E-state index in [9.17, 15) is 20.0 Å². The summed E-state index contributed by atoms with van der Waals surface area (Å²) in [7, 11) is 0. The smallest absolute Gasteiger partial charge is 0.305 e. The Morgan fingerprint density at radius 3 is 1.55 bits per heavy atom. The van der Waals surface area contributed by atoms with Gasteiger partial charge in [-0.05, 0) is 54.4 Å². The molecule has 0 amide bonds. The van der Waals surface area contributed by atoms with E-state index < -0.39 is 22.2 Å². The minimum Gasteiger partial charge on any atom is -0.462 e. The van der Waals surface area contributed by atoms with Crippen molar-refractivity contribution in [2.45, 2.75) is 135 Å². The van der Waals surface area contributed by atoms with Gasteiger partial charge in [-0.3, -0.25) is 9.59 Å². The topological polar surface area (TPSA) is 99.5 Å². The molecule has 2 rings (SSSR count). The molecule has 2 aliphatic rings. The minimum atomic E-state index is -0.636. The molecule has 180 valence electrons. The number of hydrogen-bond donors (Lipinski definition) is 2. The Labute approximate surface area is 186 Å². The molecule has 2 aliphatic heterocycles. The second-order valence-electron chi connectivity index (χ2n) is 11.3. The van der Waals surface area contributed by atoms with Gasteiger partial charge in [0.15, 0.2) is 0 Å². The van der Waals surface area contributed by atoms with E-state index >= 15 is 0 Å². The molecule has 2 saturated heterocycles. The summed E-state index contributed by atoms with van der Waals surface area (Å²) in [6.07, 6.45) is 3.03. The second-order valence-corrected chi connectivity index (χ2v) is 11.3. The first kappa shape index (κ1) is 26.0. The molecular weight excluding hydrogens is 400 g/mol. The monoisotopic (exact) mass is 442 g/mol. The average Bonchev–Trinajstić information content (AvgIpc) is 2.61. The molecular formula is C23H42N2O6. The van der Waals surface area contributed by atoms with E-state index in [0.717, 1.165) is 0 Å². The molecule has 0 aromatic heterocycles. The van der Waals surface area contributed by atoms with E-state index in [0.29, 0.717) is 44.9 Å². The van der Waals surface area contributed by atoms with Crippen molar-refractivity contribution in [3.63, 3.8) is 0 Å². The van der Waals surface area contributed by atoms with Gasteiger partial charge in [-0.1, -0.05) is 6.92 Å². The van der Waals surface area contributed by atoms with Crippen LogP contribution in [0.2, 0.25) is 0 Å².